The Hall–Kier alpha value is -3.13. The van der Waals surface area contributed by atoms with Crippen LogP contribution in [-0.4, -0.2) is 50.9 Å². The monoisotopic (exact) mass is 493 g/mol. The molecule has 0 fully saturated rings. The van der Waals surface area contributed by atoms with E-state index in [4.69, 9.17) is 0 Å². The first-order valence-electron chi connectivity index (χ1n) is 9.83. The van der Waals surface area contributed by atoms with E-state index in [1.807, 2.05) is 11.8 Å². The van der Waals surface area contributed by atoms with E-state index < -0.39 is 26.0 Å². The van der Waals surface area contributed by atoms with E-state index in [9.17, 15) is 26.4 Å². The smallest absolute Gasteiger partial charge is 0.272 e. The molecule has 1 aromatic heterocycles. The molecule has 0 spiro atoms. The average Bonchev–Trinajstić information content (AvgIpc) is 2.79. The quantitative estimate of drug-likeness (QED) is 0.439. The lowest BCUT2D eigenvalue weighted by molar-refractivity contribution is 0.0939. The first-order valence-corrected chi connectivity index (χ1v) is 12.8. The van der Waals surface area contributed by atoms with Crippen molar-refractivity contribution in [1.82, 2.24) is 24.3 Å². The van der Waals surface area contributed by atoms with Gasteiger partial charge in [-0.1, -0.05) is 25.1 Å². The number of hydrogen-bond acceptors (Lipinski definition) is 7. The molecule has 0 saturated carbocycles. The molecular weight excluding hydrogens is 470 g/mol. The second-order valence-electron chi connectivity index (χ2n) is 7.24. The van der Waals surface area contributed by atoms with E-state index >= 15 is 0 Å². The molecular formula is C20H23N5O6S2. The third-order valence-corrected chi connectivity index (χ3v) is 7.82. The Balaban J connectivity index is 1.87. The predicted octanol–water partition coefficient (Wildman–Crippen LogP) is 0.680. The van der Waals surface area contributed by atoms with Crippen LogP contribution < -0.4 is 15.8 Å². The highest BCUT2D eigenvalue weighted by molar-refractivity contribution is 7.89. The zero-order chi connectivity index (χ0) is 24.4. The van der Waals surface area contributed by atoms with E-state index in [-0.39, 0.29) is 38.4 Å². The average molecular weight is 494 g/mol. The molecule has 1 amide bonds. The second-order valence-corrected chi connectivity index (χ2v) is 11.1. The predicted molar refractivity (Wildman–Crippen MR) is 121 cm³/mol. The molecule has 11 nitrogen and oxygen atoms in total. The Morgan fingerprint density at radius 1 is 0.970 bits per heavy atom. The molecule has 0 radical (unpaired) electrons. The number of aromatic nitrogens is 2. The number of rotatable bonds is 8. The topological polar surface area (TPSA) is 148 Å². The molecule has 33 heavy (non-hydrogen) atoms. The Bertz CT molecular complexity index is 1460. The molecule has 0 aliphatic heterocycles. The van der Waals surface area contributed by atoms with Gasteiger partial charge in [-0.05, 0) is 36.8 Å². The van der Waals surface area contributed by atoms with E-state index in [2.05, 4.69) is 10.5 Å². The minimum absolute atomic E-state index is 0.0793. The summed E-state index contributed by atoms with van der Waals surface area (Å²) in [5, 5.41) is 4.67. The minimum atomic E-state index is -4.21. The number of hydrazine groups is 1. The first-order chi connectivity index (χ1) is 15.5. The summed E-state index contributed by atoms with van der Waals surface area (Å²) in [6, 6.07) is 10.9. The molecule has 0 aliphatic carbocycles. The summed E-state index contributed by atoms with van der Waals surface area (Å²) in [5.74, 6) is -0.855. The van der Waals surface area contributed by atoms with Gasteiger partial charge in [0.2, 0.25) is 10.0 Å². The fourth-order valence-corrected chi connectivity index (χ4v) is 4.74. The number of aryl methyl sites for hydroxylation is 1. The first kappa shape index (κ1) is 24.5. The molecule has 13 heteroatoms. The number of sulfonamides is 2. The standard InChI is InChI=1S/C20H23N5O6S2/c1-4-13-25-20(27)17-8-6-5-7-16(17)18(22-25)19(26)21-23-32(28,29)14-9-11-15(12-10-14)33(30,31)24(2)3/h5-12,23H,4,13H2,1-3H3,(H,21,26). The Morgan fingerprint density at radius 3 is 2.12 bits per heavy atom. The summed E-state index contributed by atoms with van der Waals surface area (Å²) in [7, 11) is -5.22. The molecule has 2 N–H and O–H groups in total. The van der Waals surface area contributed by atoms with Gasteiger partial charge in [-0.25, -0.2) is 25.8 Å². The Kier molecular flexibility index (Phi) is 6.97. The lowest BCUT2D eigenvalue weighted by Gasteiger charge is -2.13. The lowest BCUT2D eigenvalue weighted by atomic mass is 10.1. The maximum Gasteiger partial charge on any atom is 0.287 e. The number of nitrogens with one attached hydrogen (secondary N) is 2. The second kappa shape index (κ2) is 9.39. The lowest BCUT2D eigenvalue weighted by Crippen LogP contribution is -2.42. The highest BCUT2D eigenvalue weighted by atomic mass is 32.2. The van der Waals surface area contributed by atoms with E-state index in [0.717, 1.165) is 33.3 Å². The maximum atomic E-state index is 12.8. The van der Waals surface area contributed by atoms with Crippen LogP contribution >= 0.6 is 0 Å². The number of benzene rings is 2. The van der Waals surface area contributed by atoms with E-state index in [1.165, 1.54) is 14.1 Å². The number of carbonyl (C=O) groups is 1. The van der Waals surface area contributed by atoms with Crippen LogP contribution in [0.15, 0.2) is 63.1 Å². The third kappa shape index (κ3) is 4.95. The van der Waals surface area contributed by atoms with Crippen LogP contribution in [0.1, 0.15) is 23.8 Å². The number of carbonyl (C=O) groups excluding carboxylic acids is 1. The van der Waals surface area contributed by atoms with Gasteiger partial charge in [0.05, 0.1) is 15.2 Å². The van der Waals surface area contributed by atoms with Crippen LogP contribution in [-0.2, 0) is 26.6 Å². The van der Waals surface area contributed by atoms with Crippen molar-refractivity contribution in [1.29, 1.82) is 0 Å². The van der Waals surface area contributed by atoms with Gasteiger partial charge in [0.15, 0.2) is 5.69 Å². The van der Waals surface area contributed by atoms with Gasteiger partial charge in [0.1, 0.15) is 0 Å². The van der Waals surface area contributed by atoms with Crippen LogP contribution in [0.25, 0.3) is 10.8 Å². The van der Waals surface area contributed by atoms with Crippen molar-refractivity contribution in [3.8, 4) is 0 Å². The van der Waals surface area contributed by atoms with Gasteiger partial charge in [-0.2, -0.15) is 5.10 Å². The molecule has 0 atom stereocenters. The van der Waals surface area contributed by atoms with Crippen LogP contribution in [0.4, 0.5) is 0 Å². The normalized spacial score (nSPS) is 12.2. The summed E-state index contributed by atoms with van der Waals surface area (Å²) in [6.07, 6.45) is 0.610. The van der Waals surface area contributed by atoms with Crippen LogP contribution in [0.2, 0.25) is 0 Å². The van der Waals surface area contributed by atoms with Gasteiger partial charge >= 0.3 is 0 Å². The molecule has 176 valence electrons. The van der Waals surface area contributed by atoms with Crippen LogP contribution in [0, 0.1) is 0 Å². The third-order valence-electron chi connectivity index (χ3n) is 4.73. The van der Waals surface area contributed by atoms with Gasteiger partial charge < -0.3 is 0 Å². The fraction of sp³-hybridized carbons (Fsp3) is 0.250. The van der Waals surface area contributed by atoms with Crippen molar-refractivity contribution < 1.29 is 21.6 Å². The van der Waals surface area contributed by atoms with E-state index in [0.29, 0.717) is 6.42 Å². The van der Waals surface area contributed by atoms with Gasteiger partial charge in [-0.3, -0.25) is 15.0 Å². The van der Waals surface area contributed by atoms with Crippen molar-refractivity contribution in [3.63, 3.8) is 0 Å². The number of amides is 1. The summed E-state index contributed by atoms with van der Waals surface area (Å²) < 4.78 is 51.6. The summed E-state index contributed by atoms with van der Waals surface area (Å²) in [5.41, 5.74) is 1.63. The van der Waals surface area contributed by atoms with Crippen molar-refractivity contribution in [2.24, 2.45) is 0 Å². The number of fused-ring (bicyclic) bond motifs is 1. The summed E-state index contributed by atoms with van der Waals surface area (Å²) in [4.78, 5) is 26.9. The van der Waals surface area contributed by atoms with Gasteiger partial charge in [0, 0.05) is 26.0 Å². The molecule has 3 aromatic rings. The molecule has 2 aromatic carbocycles. The molecule has 3 rings (SSSR count). The largest absolute Gasteiger partial charge is 0.287 e. The SMILES string of the molecule is CCCn1nc(C(=O)NNS(=O)(=O)c2ccc(S(=O)(=O)N(C)C)cc2)c2ccccc2c1=O. The highest BCUT2D eigenvalue weighted by Crippen LogP contribution is 2.17. The Labute approximate surface area is 191 Å². The molecule has 1 heterocycles. The van der Waals surface area contributed by atoms with Crippen molar-refractivity contribution >= 4 is 36.7 Å². The van der Waals surface area contributed by atoms with Crippen molar-refractivity contribution in [2.75, 3.05) is 14.1 Å². The van der Waals surface area contributed by atoms with E-state index in [1.54, 1.807) is 24.3 Å². The number of nitrogens with zero attached hydrogens (tertiary/aromatic N) is 3. The minimum Gasteiger partial charge on any atom is -0.272 e. The fourth-order valence-electron chi connectivity index (χ4n) is 3.00. The van der Waals surface area contributed by atoms with Crippen LogP contribution in [0.5, 0.6) is 0 Å². The van der Waals surface area contributed by atoms with Crippen molar-refractivity contribution in [3.05, 3.63) is 64.6 Å². The Morgan fingerprint density at radius 2 is 1.55 bits per heavy atom. The molecule has 0 unspecified atom stereocenters. The van der Waals surface area contributed by atoms with Crippen molar-refractivity contribution in [2.45, 2.75) is 29.7 Å². The summed E-state index contributed by atoms with van der Waals surface area (Å²) >= 11 is 0. The molecule has 0 aliphatic rings. The maximum absolute atomic E-state index is 12.8. The molecule has 0 bridgehead atoms. The highest BCUT2D eigenvalue weighted by Gasteiger charge is 2.22. The zero-order valence-electron chi connectivity index (χ0n) is 18.1. The number of hydrogen-bond donors (Lipinski definition) is 2. The van der Waals surface area contributed by atoms with Gasteiger partial charge in [0.25, 0.3) is 21.5 Å². The summed E-state index contributed by atoms with van der Waals surface area (Å²) in [6.45, 7) is 2.14. The molecule has 0 saturated heterocycles. The zero-order valence-corrected chi connectivity index (χ0v) is 19.8. The van der Waals surface area contributed by atoms with Crippen LogP contribution in [0.3, 0.4) is 0 Å². The van der Waals surface area contributed by atoms with Gasteiger partial charge in [-0.15, -0.1) is 4.83 Å².